The van der Waals surface area contributed by atoms with Crippen molar-refractivity contribution in [2.24, 2.45) is 0 Å². The van der Waals surface area contributed by atoms with Gasteiger partial charge in [-0.3, -0.25) is 9.59 Å². The lowest BCUT2D eigenvalue weighted by Crippen LogP contribution is -2.41. The number of amides is 2. The Bertz CT molecular complexity index is 530. The van der Waals surface area contributed by atoms with E-state index in [9.17, 15) is 9.59 Å². The molecule has 1 aliphatic rings. The van der Waals surface area contributed by atoms with Crippen molar-refractivity contribution in [3.05, 3.63) is 35.4 Å². The van der Waals surface area contributed by atoms with E-state index < -0.39 is 0 Å². The van der Waals surface area contributed by atoms with Crippen molar-refractivity contribution in [3.8, 4) is 0 Å². The van der Waals surface area contributed by atoms with E-state index in [0.29, 0.717) is 25.1 Å². The van der Waals surface area contributed by atoms with E-state index in [-0.39, 0.29) is 24.0 Å². The Morgan fingerprint density at radius 3 is 2.59 bits per heavy atom. The predicted molar refractivity (Wildman–Crippen MR) is 83.5 cm³/mol. The van der Waals surface area contributed by atoms with E-state index in [1.54, 1.807) is 38.2 Å². The van der Waals surface area contributed by atoms with Gasteiger partial charge in [-0.2, -0.15) is 0 Å². The van der Waals surface area contributed by atoms with Crippen LogP contribution in [0.15, 0.2) is 24.3 Å². The molecule has 0 saturated carbocycles. The summed E-state index contributed by atoms with van der Waals surface area (Å²) in [5.41, 5.74) is 1.60. The molecule has 1 heterocycles. The molecule has 1 aromatic rings. The second-order valence-electron chi connectivity index (χ2n) is 5.52. The molecule has 1 fully saturated rings. The van der Waals surface area contributed by atoms with Gasteiger partial charge in [0.2, 0.25) is 5.91 Å². The van der Waals surface area contributed by atoms with Gasteiger partial charge in [0, 0.05) is 39.9 Å². The van der Waals surface area contributed by atoms with Crippen molar-refractivity contribution >= 4 is 11.8 Å². The van der Waals surface area contributed by atoms with Gasteiger partial charge in [-0.05, 0) is 24.1 Å². The van der Waals surface area contributed by atoms with E-state index in [0.717, 1.165) is 5.56 Å². The number of carbonyl (C=O) groups is 2. The van der Waals surface area contributed by atoms with Crippen molar-refractivity contribution in [1.29, 1.82) is 0 Å². The van der Waals surface area contributed by atoms with Gasteiger partial charge in [0.15, 0.2) is 0 Å². The van der Waals surface area contributed by atoms with Crippen molar-refractivity contribution < 1.29 is 14.3 Å². The Morgan fingerprint density at radius 1 is 1.36 bits per heavy atom. The van der Waals surface area contributed by atoms with Gasteiger partial charge in [0.25, 0.3) is 5.91 Å². The number of hydrogen-bond donors (Lipinski definition) is 2. The van der Waals surface area contributed by atoms with Crippen LogP contribution in [0.2, 0.25) is 0 Å². The lowest BCUT2D eigenvalue weighted by molar-refractivity contribution is -0.132. The minimum absolute atomic E-state index is 0.0647. The summed E-state index contributed by atoms with van der Waals surface area (Å²) in [5.74, 6) is -0.0494. The van der Waals surface area contributed by atoms with Crippen molar-refractivity contribution in [2.75, 3.05) is 27.7 Å². The smallest absolute Gasteiger partial charge is 0.251 e. The fourth-order valence-corrected chi connectivity index (χ4v) is 2.59. The van der Waals surface area contributed by atoms with Gasteiger partial charge in [0.1, 0.15) is 0 Å². The Hall–Kier alpha value is -1.92. The average Bonchev–Trinajstić information content (AvgIpc) is 3.03. The highest BCUT2D eigenvalue weighted by atomic mass is 16.5. The molecular formula is C16H23N3O3. The fraction of sp³-hybridized carbons (Fsp3) is 0.500. The van der Waals surface area contributed by atoms with Gasteiger partial charge in [0.05, 0.1) is 12.1 Å². The van der Waals surface area contributed by atoms with Crippen LogP contribution in [0.4, 0.5) is 0 Å². The molecule has 0 aliphatic carbocycles. The lowest BCUT2D eigenvalue weighted by atomic mass is 10.1. The monoisotopic (exact) mass is 305 g/mol. The molecule has 0 unspecified atom stereocenters. The summed E-state index contributed by atoms with van der Waals surface area (Å²) in [6.07, 6.45) is 0.809. The maximum atomic E-state index is 12.4. The van der Waals surface area contributed by atoms with Crippen LogP contribution in [-0.2, 0) is 16.1 Å². The van der Waals surface area contributed by atoms with Crippen LogP contribution in [0.3, 0.4) is 0 Å². The third-order valence-corrected chi connectivity index (χ3v) is 3.96. The molecule has 0 bridgehead atoms. The molecule has 0 spiro atoms. The van der Waals surface area contributed by atoms with Crippen LogP contribution >= 0.6 is 0 Å². The fourth-order valence-electron chi connectivity index (χ4n) is 2.59. The first-order chi connectivity index (χ1) is 10.5. The number of methoxy groups -OCH3 is 1. The van der Waals surface area contributed by atoms with Crippen LogP contribution in [0.5, 0.6) is 0 Å². The first-order valence-corrected chi connectivity index (χ1v) is 7.37. The van der Waals surface area contributed by atoms with Crippen molar-refractivity contribution in [1.82, 2.24) is 15.5 Å². The number of ether oxygens (including phenoxy) is 1. The van der Waals surface area contributed by atoms with Crippen LogP contribution in [0.1, 0.15) is 22.3 Å². The Balaban J connectivity index is 1.92. The third-order valence-electron chi connectivity index (χ3n) is 3.96. The zero-order valence-corrected chi connectivity index (χ0v) is 13.3. The predicted octanol–water partition coefficient (Wildman–Crippen LogP) is 0.382. The summed E-state index contributed by atoms with van der Waals surface area (Å²) < 4.78 is 5.26. The molecule has 6 heteroatoms. The standard InChI is InChI=1S/C16H23N3O3/c1-17-15(20)12-6-4-11(5-7-12)10-19(2)16(21)14-8-13(22-3)9-18-14/h4-7,13-14,18H,8-10H2,1-3H3,(H,17,20)/t13-,14-/m0/s1. The molecule has 22 heavy (non-hydrogen) atoms. The quantitative estimate of drug-likeness (QED) is 0.825. The van der Waals surface area contributed by atoms with E-state index in [2.05, 4.69) is 10.6 Å². The summed E-state index contributed by atoms with van der Waals surface area (Å²) in [5, 5.41) is 5.77. The van der Waals surface area contributed by atoms with Gasteiger partial charge < -0.3 is 20.3 Å². The summed E-state index contributed by atoms with van der Waals surface area (Å²) in [6.45, 7) is 1.23. The van der Waals surface area contributed by atoms with Gasteiger partial charge in [-0.1, -0.05) is 12.1 Å². The highest BCUT2D eigenvalue weighted by Gasteiger charge is 2.31. The van der Waals surface area contributed by atoms with E-state index >= 15 is 0 Å². The maximum Gasteiger partial charge on any atom is 0.251 e. The number of nitrogens with zero attached hydrogens (tertiary/aromatic N) is 1. The molecule has 6 nitrogen and oxygen atoms in total. The van der Waals surface area contributed by atoms with Crippen LogP contribution in [0.25, 0.3) is 0 Å². The molecular weight excluding hydrogens is 282 g/mol. The maximum absolute atomic E-state index is 12.4. The van der Waals surface area contributed by atoms with Gasteiger partial charge in [-0.25, -0.2) is 0 Å². The van der Waals surface area contributed by atoms with E-state index in [1.807, 2.05) is 12.1 Å². The van der Waals surface area contributed by atoms with Crippen LogP contribution < -0.4 is 10.6 Å². The summed E-state index contributed by atoms with van der Waals surface area (Å²) >= 11 is 0. The summed E-state index contributed by atoms with van der Waals surface area (Å²) in [7, 11) is 5.05. The highest BCUT2D eigenvalue weighted by molar-refractivity contribution is 5.93. The molecule has 2 amide bonds. The van der Waals surface area contributed by atoms with Gasteiger partial charge in [-0.15, -0.1) is 0 Å². The number of rotatable bonds is 5. The number of likely N-dealkylation sites (N-methyl/N-ethyl adjacent to an activating group) is 1. The summed E-state index contributed by atoms with van der Waals surface area (Å²) in [6, 6.07) is 7.09. The Labute approximate surface area is 130 Å². The van der Waals surface area contributed by atoms with Crippen LogP contribution in [-0.4, -0.2) is 56.6 Å². The normalized spacial score (nSPS) is 20.7. The van der Waals surface area contributed by atoms with Gasteiger partial charge >= 0.3 is 0 Å². The SMILES string of the molecule is CNC(=O)c1ccc(CN(C)C(=O)[C@@H]2C[C@H](OC)CN2)cc1. The second-order valence-corrected chi connectivity index (χ2v) is 5.52. The third kappa shape index (κ3) is 3.84. The summed E-state index contributed by atoms with van der Waals surface area (Å²) in [4.78, 5) is 25.6. The lowest BCUT2D eigenvalue weighted by Gasteiger charge is -2.21. The Morgan fingerprint density at radius 2 is 2.05 bits per heavy atom. The van der Waals surface area contributed by atoms with Crippen LogP contribution in [0, 0.1) is 0 Å². The molecule has 120 valence electrons. The zero-order chi connectivity index (χ0) is 16.1. The minimum atomic E-state index is -0.180. The molecule has 1 aromatic carbocycles. The molecule has 1 aliphatic heterocycles. The number of carbonyl (C=O) groups excluding carboxylic acids is 2. The first-order valence-electron chi connectivity index (χ1n) is 7.37. The highest BCUT2D eigenvalue weighted by Crippen LogP contribution is 2.13. The van der Waals surface area contributed by atoms with E-state index in [4.69, 9.17) is 4.74 Å². The first kappa shape index (κ1) is 16.5. The molecule has 1 saturated heterocycles. The number of hydrogen-bond acceptors (Lipinski definition) is 4. The molecule has 2 N–H and O–H groups in total. The minimum Gasteiger partial charge on any atom is -0.380 e. The molecule has 2 atom stereocenters. The topological polar surface area (TPSA) is 70.7 Å². The zero-order valence-electron chi connectivity index (χ0n) is 13.3. The largest absolute Gasteiger partial charge is 0.380 e. The number of benzene rings is 1. The molecule has 0 aromatic heterocycles. The van der Waals surface area contributed by atoms with Crippen molar-refractivity contribution in [3.63, 3.8) is 0 Å². The average molecular weight is 305 g/mol. The Kier molecular flexibility index (Phi) is 5.51. The number of nitrogens with one attached hydrogen (secondary N) is 2. The molecule has 0 radical (unpaired) electrons. The van der Waals surface area contributed by atoms with Crippen molar-refractivity contribution in [2.45, 2.75) is 25.1 Å². The van der Waals surface area contributed by atoms with E-state index in [1.165, 1.54) is 0 Å². The molecule has 2 rings (SSSR count). The second kappa shape index (κ2) is 7.38.